The standard InChI is InChI=1S/C12H13ClN4/c1-2-9-10(11(14)17-12(15)16-9)7-3-5-8(13)6-4-7/h3-6H,2H2,1H3,(H4,14,15,16,17)/p+2. The Labute approximate surface area is 105 Å². The van der Waals surface area contributed by atoms with Crippen LogP contribution in [0.5, 0.6) is 0 Å². The second-order valence-corrected chi connectivity index (χ2v) is 4.23. The van der Waals surface area contributed by atoms with E-state index in [0.717, 1.165) is 23.2 Å². The van der Waals surface area contributed by atoms with Gasteiger partial charge in [-0.25, -0.2) is 5.73 Å². The summed E-state index contributed by atoms with van der Waals surface area (Å²) >= 11 is 5.87. The van der Waals surface area contributed by atoms with Gasteiger partial charge in [0.25, 0.3) is 0 Å². The lowest BCUT2D eigenvalue weighted by Crippen LogP contribution is -2.30. The molecular weight excluding hydrogens is 236 g/mol. The normalized spacial score (nSPS) is 10.5. The van der Waals surface area contributed by atoms with E-state index in [9.17, 15) is 0 Å². The maximum atomic E-state index is 5.98. The number of benzene rings is 1. The molecule has 5 heteroatoms. The number of rotatable bonds is 2. The zero-order valence-corrected chi connectivity index (χ0v) is 10.3. The molecule has 2 rings (SSSR count). The Kier molecular flexibility index (Phi) is 3.15. The van der Waals surface area contributed by atoms with E-state index >= 15 is 0 Å². The third-order valence-corrected chi connectivity index (χ3v) is 2.86. The number of aromatic nitrogens is 2. The minimum absolute atomic E-state index is 0.456. The first-order valence-corrected chi connectivity index (χ1v) is 5.78. The number of nitrogen functional groups attached to an aromatic ring is 2. The average molecular weight is 251 g/mol. The molecular formula is C12H15ClN4+2. The minimum atomic E-state index is 0.456. The van der Waals surface area contributed by atoms with Crippen molar-refractivity contribution in [1.82, 2.24) is 0 Å². The maximum Gasteiger partial charge on any atom is 0.521 e. The predicted molar refractivity (Wildman–Crippen MR) is 68.2 cm³/mol. The van der Waals surface area contributed by atoms with Crippen molar-refractivity contribution in [1.29, 1.82) is 0 Å². The van der Waals surface area contributed by atoms with Crippen LogP contribution in [0.4, 0.5) is 11.8 Å². The van der Waals surface area contributed by atoms with E-state index in [4.69, 9.17) is 23.1 Å². The van der Waals surface area contributed by atoms with Gasteiger partial charge in [-0.2, -0.15) is 4.98 Å². The van der Waals surface area contributed by atoms with E-state index in [1.165, 1.54) is 0 Å². The van der Waals surface area contributed by atoms with Gasteiger partial charge >= 0.3 is 5.95 Å². The van der Waals surface area contributed by atoms with Crippen LogP contribution in [0.3, 0.4) is 0 Å². The molecule has 0 aliphatic rings. The highest BCUT2D eigenvalue weighted by Gasteiger charge is 2.19. The van der Waals surface area contributed by atoms with Crippen LogP contribution in [-0.4, -0.2) is 0 Å². The van der Waals surface area contributed by atoms with Crippen molar-refractivity contribution in [2.75, 3.05) is 11.5 Å². The van der Waals surface area contributed by atoms with Crippen molar-refractivity contribution in [3.05, 3.63) is 35.0 Å². The fraction of sp³-hybridized carbons (Fsp3) is 0.167. The molecule has 0 amide bonds. The lowest BCUT2D eigenvalue weighted by molar-refractivity contribution is -0.497. The highest BCUT2D eigenvalue weighted by Crippen LogP contribution is 2.26. The molecule has 0 aliphatic heterocycles. The van der Waals surface area contributed by atoms with E-state index in [0.29, 0.717) is 16.8 Å². The van der Waals surface area contributed by atoms with Crippen LogP contribution in [0, 0.1) is 0 Å². The van der Waals surface area contributed by atoms with Gasteiger partial charge in [0, 0.05) is 11.4 Å². The summed E-state index contributed by atoms with van der Waals surface area (Å²) in [5.74, 6) is 1.01. The summed E-state index contributed by atoms with van der Waals surface area (Å²) in [6.07, 6.45) is 0.820. The summed E-state index contributed by atoms with van der Waals surface area (Å²) in [7, 11) is 0. The van der Waals surface area contributed by atoms with E-state index in [1.807, 2.05) is 31.2 Å². The molecule has 1 aromatic heterocycles. The van der Waals surface area contributed by atoms with Gasteiger partial charge in [-0.1, -0.05) is 30.7 Å². The van der Waals surface area contributed by atoms with Crippen molar-refractivity contribution in [2.24, 2.45) is 0 Å². The Bertz CT molecular complexity index is 537. The van der Waals surface area contributed by atoms with Gasteiger partial charge in [-0.05, 0) is 17.7 Å². The highest BCUT2D eigenvalue weighted by atomic mass is 35.5. The van der Waals surface area contributed by atoms with Gasteiger partial charge < -0.3 is 5.73 Å². The Morgan fingerprint density at radius 2 is 1.76 bits per heavy atom. The third kappa shape index (κ3) is 2.31. The van der Waals surface area contributed by atoms with Crippen LogP contribution < -0.4 is 21.4 Å². The Balaban J connectivity index is 2.61. The number of hydrogen-bond donors (Lipinski definition) is 2. The van der Waals surface area contributed by atoms with Crippen LogP contribution in [-0.2, 0) is 6.42 Å². The molecule has 0 aliphatic carbocycles. The van der Waals surface area contributed by atoms with E-state index in [-0.39, 0.29) is 0 Å². The summed E-state index contributed by atoms with van der Waals surface area (Å²) in [4.78, 5) is 5.98. The number of aromatic amines is 2. The summed E-state index contributed by atoms with van der Waals surface area (Å²) < 4.78 is 0. The third-order valence-electron chi connectivity index (χ3n) is 2.61. The Hall–Kier alpha value is -1.81. The van der Waals surface area contributed by atoms with Crippen LogP contribution >= 0.6 is 11.6 Å². The molecule has 0 saturated carbocycles. The molecule has 0 atom stereocenters. The van der Waals surface area contributed by atoms with Crippen molar-refractivity contribution in [3.8, 4) is 11.1 Å². The average Bonchev–Trinajstić information content (AvgIpc) is 2.30. The highest BCUT2D eigenvalue weighted by molar-refractivity contribution is 6.30. The van der Waals surface area contributed by atoms with Crippen molar-refractivity contribution in [2.45, 2.75) is 13.3 Å². The molecule has 0 fully saturated rings. The molecule has 0 radical (unpaired) electrons. The Morgan fingerprint density at radius 1 is 1.12 bits per heavy atom. The van der Waals surface area contributed by atoms with Gasteiger partial charge in [-0.3, -0.25) is 0 Å². The molecule has 0 unspecified atom stereocenters. The van der Waals surface area contributed by atoms with Gasteiger partial charge in [-0.15, -0.1) is 4.98 Å². The predicted octanol–water partition coefficient (Wildman–Crippen LogP) is 1.36. The smallest absolute Gasteiger partial charge is 0.359 e. The second kappa shape index (κ2) is 4.59. The van der Waals surface area contributed by atoms with E-state index < -0.39 is 0 Å². The van der Waals surface area contributed by atoms with Gasteiger partial charge in [0.1, 0.15) is 11.3 Å². The van der Waals surface area contributed by atoms with Crippen LogP contribution in [0.2, 0.25) is 5.02 Å². The fourth-order valence-electron chi connectivity index (χ4n) is 1.84. The molecule has 1 aromatic carbocycles. The number of anilines is 2. The molecule has 1 heterocycles. The second-order valence-electron chi connectivity index (χ2n) is 3.79. The monoisotopic (exact) mass is 250 g/mol. The summed E-state index contributed by atoms with van der Waals surface area (Å²) in [6, 6.07) is 7.55. The first-order valence-electron chi connectivity index (χ1n) is 5.40. The lowest BCUT2D eigenvalue weighted by Gasteiger charge is -2.04. The molecule has 0 bridgehead atoms. The molecule has 0 spiro atoms. The zero-order valence-electron chi connectivity index (χ0n) is 9.55. The number of hydrogen-bond acceptors (Lipinski definition) is 2. The maximum absolute atomic E-state index is 5.98. The minimum Gasteiger partial charge on any atom is -0.359 e. The molecule has 0 saturated heterocycles. The first-order chi connectivity index (χ1) is 8.11. The molecule has 2 aromatic rings. The molecule has 17 heavy (non-hydrogen) atoms. The quantitative estimate of drug-likeness (QED) is 0.844. The van der Waals surface area contributed by atoms with Gasteiger partial charge in [0.15, 0.2) is 0 Å². The topological polar surface area (TPSA) is 80.3 Å². The largest absolute Gasteiger partial charge is 0.521 e. The number of nitrogens with two attached hydrogens (primary N) is 2. The lowest BCUT2D eigenvalue weighted by atomic mass is 10.0. The summed E-state index contributed by atoms with van der Waals surface area (Å²) in [5.41, 5.74) is 14.6. The first kappa shape index (κ1) is 11.7. The fourth-order valence-corrected chi connectivity index (χ4v) is 1.96. The van der Waals surface area contributed by atoms with E-state index in [1.54, 1.807) is 0 Å². The van der Waals surface area contributed by atoms with Crippen molar-refractivity contribution in [3.63, 3.8) is 0 Å². The van der Waals surface area contributed by atoms with Gasteiger partial charge in [0.2, 0.25) is 5.82 Å². The van der Waals surface area contributed by atoms with Crippen molar-refractivity contribution < 1.29 is 9.97 Å². The molecule has 88 valence electrons. The van der Waals surface area contributed by atoms with E-state index in [2.05, 4.69) is 9.97 Å². The molecule has 6 N–H and O–H groups in total. The number of H-pyrrole nitrogens is 2. The van der Waals surface area contributed by atoms with Crippen LogP contribution in [0.1, 0.15) is 12.6 Å². The van der Waals surface area contributed by atoms with Gasteiger partial charge in [0.05, 0.1) is 0 Å². The van der Waals surface area contributed by atoms with Crippen molar-refractivity contribution >= 4 is 23.4 Å². The number of aryl methyl sites for hydroxylation is 1. The Morgan fingerprint density at radius 3 is 2.35 bits per heavy atom. The van der Waals surface area contributed by atoms with Crippen LogP contribution in [0.15, 0.2) is 24.3 Å². The zero-order chi connectivity index (χ0) is 12.4. The summed E-state index contributed by atoms with van der Waals surface area (Å²) in [6.45, 7) is 2.05. The van der Waals surface area contributed by atoms with Crippen LogP contribution in [0.25, 0.3) is 11.1 Å². The molecule has 4 nitrogen and oxygen atoms in total. The SMILES string of the molecule is CCc1[nH+]c(N)[nH+]c(N)c1-c1ccc(Cl)cc1. The number of halogens is 1. The summed E-state index contributed by atoms with van der Waals surface area (Å²) in [5, 5.41) is 0.703. The number of nitrogens with one attached hydrogen (secondary N) is 2.